The van der Waals surface area contributed by atoms with E-state index in [9.17, 15) is 4.79 Å². The highest BCUT2D eigenvalue weighted by Crippen LogP contribution is 2.44. The van der Waals surface area contributed by atoms with Gasteiger partial charge in [0.05, 0.1) is 25.2 Å². The van der Waals surface area contributed by atoms with Gasteiger partial charge in [0, 0.05) is 0 Å². The smallest absolute Gasteiger partial charge is 0.313 e. The van der Waals surface area contributed by atoms with E-state index in [1.807, 2.05) is 6.07 Å². The first-order valence-corrected chi connectivity index (χ1v) is 5.96. The number of benzene rings is 1. The summed E-state index contributed by atoms with van der Waals surface area (Å²) in [6, 6.07) is 5.46. The first kappa shape index (κ1) is 12.2. The average molecular weight is 255 g/mol. The quantitative estimate of drug-likeness (QED) is 0.775. The molecular weight excluding hydrogens is 240 g/mol. The van der Waals surface area contributed by atoms with Crippen LogP contribution in [0.15, 0.2) is 18.2 Å². The van der Waals surface area contributed by atoms with Crippen molar-refractivity contribution in [3.63, 3.8) is 0 Å². The van der Waals surface area contributed by atoms with Gasteiger partial charge in [-0.05, 0) is 36.5 Å². The molecule has 1 saturated carbocycles. The average Bonchev–Trinajstić information content (AvgIpc) is 3.14. The Morgan fingerprint density at radius 1 is 1.41 bits per heavy atom. The fourth-order valence-electron chi connectivity index (χ4n) is 2.03. The minimum Gasteiger partial charge on any atom is -0.495 e. The molecule has 1 atom stereocenters. The number of carbonyl (C=O) groups excluding carboxylic acids is 1. The van der Waals surface area contributed by atoms with Gasteiger partial charge in [-0.2, -0.15) is 0 Å². The summed E-state index contributed by atoms with van der Waals surface area (Å²) in [7, 11) is 2.99. The monoisotopic (exact) mass is 254 g/mol. The standard InChI is InChI=1S/C13H15ClO3/c1-16-11-6-5-9(7-10(11)14)12(8-3-4-8)13(15)17-2/h5-8,12H,3-4H2,1-2H3. The Morgan fingerprint density at radius 2 is 2.12 bits per heavy atom. The van der Waals surface area contributed by atoms with Crippen molar-refractivity contribution in [1.29, 1.82) is 0 Å². The van der Waals surface area contributed by atoms with Crippen molar-refractivity contribution in [2.45, 2.75) is 18.8 Å². The van der Waals surface area contributed by atoms with Crippen molar-refractivity contribution in [3.8, 4) is 5.75 Å². The molecule has 2 rings (SSSR count). The molecule has 0 heterocycles. The van der Waals surface area contributed by atoms with Crippen LogP contribution in [0.25, 0.3) is 0 Å². The molecule has 1 aromatic rings. The molecular formula is C13H15ClO3. The first-order valence-electron chi connectivity index (χ1n) is 5.58. The number of esters is 1. The van der Waals surface area contributed by atoms with Crippen LogP contribution in [0.2, 0.25) is 5.02 Å². The summed E-state index contributed by atoms with van der Waals surface area (Å²) in [5.74, 6) is 0.638. The lowest BCUT2D eigenvalue weighted by Crippen LogP contribution is -2.16. The molecule has 1 aliphatic rings. The number of hydrogen-bond donors (Lipinski definition) is 0. The van der Waals surface area contributed by atoms with Crippen molar-refractivity contribution < 1.29 is 14.3 Å². The maximum absolute atomic E-state index is 11.8. The molecule has 3 nitrogen and oxygen atoms in total. The summed E-state index contributed by atoms with van der Waals surface area (Å²) >= 11 is 6.07. The molecule has 1 aliphatic carbocycles. The van der Waals surface area contributed by atoms with Crippen molar-refractivity contribution in [3.05, 3.63) is 28.8 Å². The fourth-order valence-corrected chi connectivity index (χ4v) is 2.30. The highest BCUT2D eigenvalue weighted by molar-refractivity contribution is 6.32. The molecule has 0 N–H and O–H groups in total. The fraction of sp³-hybridized carbons (Fsp3) is 0.462. The molecule has 0 aromatic heterocycles. The molecule has 0 amide bonds. The molecule has 0 radical (unpaired) electrons. The van der Waals surface area contributed by atoms with Crippen LogP contribution in [-0.4, -0.2) is 20.2 Å². The molecule has 0 aliphatic heterocycles. The van der Waals surface area contributed by atoms with Crippen molar-refractivity contribution >= 4 is 17.6 Å². The van der Waals surface area contributed by atoms with Gasteiger partial charge >= 0.3 is 5.97 Å². The maximum atomic E-state index is 11.8. The van der Waals surface area contributed by atoms with Gasteiger partial charge < -0.3 is 9.47 Å². The van der Waals surface area contributed by atoms with Crippen LogP contribution < -0.4 is 4.74 Å². The Kier molecular flexibility index (Phi) is 3.57. The zero-order valence-electron chi connectivity index (χ0n) is 9.90. The van der Waals surface area contributed by atoms with E-state index in [1.165, 1.54) is 7.11 Å². The summed E-state index contributed by atoms with van der Waals surface area (Å²) < 4.78 is 9.95. The lowest BCUT2D eigenvalue weighted by atomic mass is 9.94. The molecule has 0 bridgehead atoms. The maximum Gasteiger partial charge on any atom is 0.313 e. The van der Waals surface area contributed by atoms with Crippen LogP contribution in [0.1, 0.15) is 24.3 Å². The Morgan fingerprint density at radius 3 is 2.59 bits per heavy atom. The molecule has 1 unspecified atom stereocenters. The van der Waals surface area contributed by atoms with Gasteiger partial charge in [0.25, 0.3) is 0 Å². The highest BCUT2D eigenvalue weighted by Gasteiger charge is 2.38. The zero-order valence-corrected chi connectivity index (χ0v) is 10.7. The van der Waals surface area contributed by atoms with E-state index >= 15 is 0 Å². The van der Waals surface area contributed by atoms with Crippen LogP contribution in [0, 0.1) is 5.92 Å². The lowest BCUT2D eigenvalue weighted by molar-refractivity contribution is -0.143. The second-order valence-electron chi connectivity index (χ2n) is 4.23. The minimum atomic E-state index is -0.191. The highest BCUT2D eigenvalue weighted by atomic mass is 35.5. The van der Waals surface area contributed by atoms with Crippen LogP contribution in [0.4, 0.5) is 0 Å². The minimum absolute atomic E-state index is 0.186. The predicted molar refractivity (Wildman–Crippen MR) is 65.5 cm³/mol. The van der Waals surface area contributed by atoms with Gasteiger partial charge in [-0.3, -0.25) is 4.79 Å². The van der Waals surface area contributed by atoms with Gasteiger partial charge in [-0.25, -0.2) is 0 Å². The predicted octanol–water partition coefficient (Wildman–Crippen LogP) is 3.02. The number of hydrogen-bond acceptors (Lipinski definition) is 3. The summed E-state index contributed by atoms with van der Waals surface area (Å²) in [6.07, 6.45) is 2.15. The summed E-state index contributed by atoms with van der Waals surface area (Å²) in [4.78, 5) is 11.8. The number of methoxy groups -OCH3 is 2. The second-order valence-corrected chi connectivity index (χ2v) is 4.64. The van der Waals surface area contributed by atoms with Crippen LogP contribution in [0.3, 0.4) is 0 Å². The topological polar surface area (TPSA) is 35.5 Å². The van der Waals surface area contributed by atoms with Gasteiger partial charge in [0.2, 0.25) is 0 Å². The Bertz CT molecular complexity index is 427. The third-order valence-corrected chi connectivity index (χ3v) is 3.38. The zero-order chi connectivity index (χ0) is 12.4. The summed E-state index contributed by atoms with van der Waals surface area (Å²) in [6.45, 7) is 0. The number of rotatable bonds is 4. The van der Waals surface area contributed by atoms with E-state index in [2.05, 4.69) is 0 Å². The SMILES string of the molecule is COC(=O)C(c1ccc(OC)c(Cl)c1)C1CC1. The van der Waals surface area contributed by atoms with Crippen molar-refractivity contribution in [2.24, 2.45) is 5.92 Å². The molecule has 4 heteroatoms. The van der Waals surface area contributed by atoms with Crippen molar-refractivity contribution in [1.82, 2.24) is 0 Å². The summed E-state index contributed by atoms with van der Waals surface area (Å²) in [5.41, 5.74) is 0.908. The van der Waals surface area contributed by atoms with E-state index in [-0.39, 0.29) is 11.9 Å². The van der Waals surface area contributed by atoms with Gasteiger partial charge in [0.15, 0.2) is 0 Å². The van der Waals surface area contributed by atoms with Gasteiger partial charge in [-0.1, -0.05) is 17.7 Å². The van der Waals surface area contributed by atoms with E-state index in [0.29, 0.717) is 16.7 Å². The molecule has 17 heavy (non-hydrogen) atoms. The summed E-state index contributed by atoms with van der Waals surface area (Å²) in [5, 5.41) is 0.527. The normalized spacial score (nSPS) is 16.4. The van der Waals surface area contributed by atoms with Crippen LogP contribution >= 0.6 is 11.6 Å². The van der Waals surface area contributed by atoms with E-state index in [0.717, 1.165) is 18.4 Å². The van der Waals surface area contributed by atoms with E-state index in [1.54, 1.807) is 19.2 Å². The van der Waals surface area contributed by atoms with E-state index < -0.39 is 0 Å². The Hall–Kier alpha value is -1.22. The van der Waals surface area contributed by atoms with Gasteiger partial charge in [-0.15, -0.1) is 0 Å². The van der Waals surface area contributed by atoms with Crippen molar-refractivity contribution in [2.75, 3.05) is 14.2 Å². The molecule has 1 aromatic carbocycles. The number of ether oxygens (including phenoxy) is 2. The number of halogens is 1. The number of carbonyl (C=O) groups is 1. The third kappa shape index (κ3) is 2.55. The molecule has 0 spiro atoms. The van der Waals surface area contributed by atoms with Crippen LogP contribution in [0.5, 0.6) is 5.75 Å². The Labute approximate surface area is 106 Å². The molecule has 0 saturated heterocycles. The third-order valence-electron chi connectivity index (χ3n) is 3.08. The first-order chi connectivity index (χ1) is 8.17. The largest absolute Gasteiger partial charge is 0.495 e. The molecule has 1 fully saturated rings. The van der Waals surface area contributed by atoms with E-state index in [4.69, 9.17) is 21.1 Å². The second kappa shape index (κ2) is 4.96. The Balaban J connectivity index is 2.30. The molecule has 92 valence electrons. The van der Waals surface area contributed by atoms with Crippen LogP contribution in [-0.2, 0) is 9.53 Å². The lowest BCUT2D eigenvalue weighted by Gasteiger charge is -2.15. The van der Waals surface area contributed by atoms with Gasteiger partial charge in [0.1, 0.15) is 5.75 Å².